The first-order valence-electron chi connectivity index (χ1n) is 8.24. The first kappa shape index (κ1) is 17.2. The predicted octanol–water partition coefficient (Wildman–Crippen LogP) is 4.07. The van der Waals surface area contributed by atoms with E-state index < -0.39 is 5.91 Å². The predicted molar refractivity (Wildman–Crippen MR) is 102 cm³/mol. The lowest BCUT2D eigenvalue weighted by Gasteiger charge is -2.09. The summed E-state index contributed by atoms with van der Waals surface area (Å²) in [7, 11) is 1.50. The number of amides is 1. The molecule has 1 N–H and O–H groups in total. The normalized spacial score (nSPS) is 11.0. The molecule has 0 fully saturated rings. The highest BCUT2D eigenvalue weighted by molar-refractivity contribution is 6.01. The Hall–Kier alpha value is -3.58. The van der Waals surface area contributed by atoms with E-state index in [1.807, 2.05) is 48.5 Å². The van der Waals surface area contributed by atoms with Gasteiger partial charge in [-0.3, -0.25) is 4.79 Å². The number of hydrogen-bond donors (Lipinski definition) is 1. The Bertz CT molecular complexity index is 993. The quantitative estimate of drug-likeness (QED) is 0.561. The maximum atomic E-state index is 11.6. The Morgan fingerprint density at radius 1 is 1.08 bits per heavy atom. The average Bonchev–Trinajstić information content (AvgIpc) is 2.70. The van der Waals surface area contributed by atoms with Crippen LogP contribution < -0.4 is 10.1 Å². The molecule has 0 atom stereocenters. The molecule has 0 saturated carbocycles. The number of benzene rings is 3. The zero-order valence-corrected chi connectivity index (χ0v) is 14.4. The van der Waals surface area contributed by atoms with Gasteiger partial charge in [0.1, 0.15) is 24.0 Å². The summed E-state index contributed by atoms with van der Waals surface area (Å²) in [5.41, 5.74) is 1.96. The number of fused-ring (bicyclic) bond motifs is 1. The van der Waals surface area contributed by atoms with Gasteiger partial charge in [0.2, 0.25) is 0 Å². The van der Waals surface area contributed by atoms with E-state index >= 15 is 0 Å². The highest BCUT2D eigenvalue weighted by atomic mass is 16.5. The molecule has 4 nitrogen and oxygen atoms in total. The van der Waals surface area contributed by atoms with Crippen molar-refractivity contribution in [3.63, 3.8) is 0 Å². The maximum Gasteiger partial charge on any atom is 0.261 e. The van der Waals surface area contributed by atoms with Gasteiger partial charge < -0.3 is 10.1 Å². The van der Waals surface area contributed by atoms with Crippen LogP contribution in [-0.2, 0) is 11.4 Å². The topological polar surface area (TPSA) is 62.1 Å². The van der Waals surface area contributed by atoms with Crippen molar-refractivity contribution in [1.82, 2.24) is 5.32 Å². The third-order valence-corrected chi connectivity index (χ3v) is 4.06. The summed E-state index contributed by atoms with van der Waals surface area (Å²) >= 11 is 0. The number of nitrogens with zero attached hydrogens (tertiary/aromatic N) is 1. The van der Waals surface area contributed by atoms with Gasteiger partial charge in [-0.05, 0) is 40.1 Å². The molecule has 0 radical (unpaired) electrons. The van der Waals surface area contributed by atoms with Crippen molar-refractivity contribution in [2.75, 3.05) is 7.05 Å². The van der Waals surface area contributed by atoms with E-state index in [2.05, 4.69) is 29.6 Å². The minimum atomic E-state index is -0.399. The van der Waals surface area contributed by atoms with Crippen LogP contribution in [0, 0.1) is 11.3 Å². The smallest absolute Gasteiger partial charge is 0.261 e. The lowest BCUT2D eigenvalue weighted by atomic mass is 10.1. The molecule has 0 unspecified atom stereocenters. The molecule has 0 spiro atoms. The van der Waals surface area contributed by atoms with E-state index in [9.17, 15) is 4.79 Å². The molecule has 3 aromatic carbocycles. The molecule has 0 aliphatic rings. The zero-order valence-electron chi connectivity index (χ0n) is 14.4. The third kappa shape index (κ3) is 3.90. The van der Waals surface area contributed by atoms with Gasteiger partial charge in [-0.15, -0.1) is 0 Å². The van der Waals surface area contributed by atoms with Gasteiger partial charge in [-0.2, -0.15) is 5.26 Å². The van der Waals surface area contributed by atoms with Gasteiger partial charge in [0, 0.05) is 7.05 Å². The summed E-state index contributed by atoms with van der Waals surface area (Å²) in [5, 5.41) is 13.8. The molecule has 0 saturated heterocycles. The molecule has 128 valence electrons. The van der Waals surface area contributed by atoms with Crippen LogP contribution in [-0.4, -0.2) is 13.0 Å². The third-order valence-electron chi connectivity index (χ3n) is 4.06. The number of rotatable bonds is 5. The summed E-state index contributed by atoms with van der Waals surface area (Å²) in [6.07, 6.45) is 1.55. The zero-order chi connectivity index (χ0) is 18.4. The first-order valence-corrected chi connectivity index (χ1v) is 8.24. The van der Waals surface area contributed by atoms with Crippen LogP contribution in [0.2, 0.25) is 0 Å². The Labute approximate surface area is 152 Å². The number of nitriles is 1. The van der Waals surface area contributed by atoms with E-state index in [4.69, 9.17) is 10.00 Å². The van der Waals surface area contributed by atoms with Crippen LogP contribution in [0.25, 0.3) is 16.8 Å². The van der Waals surface area contributed by atoms with Gasteiger partial charge in [-0.25, -0.2) is 0 Å². The largest absolute Gasteiger partial charge is 0.489 e. The fraction of sp³-hybridized carbons (Fsp3) is 0.0909. The fourth-order valence-electron chi connectivity index (χ4n) is 2.69. The van der Waals surface area contributed by atoms with Crippen molar-refractivity contribution < 1.29 is 9.53 Å². The van der Waals surface area contributed by atoms with Crippen molar-refractivity contribution in [2.24, 2.45) is 0 Å². The highest BCUT2D eigenvalue weighted by Gasteiger charge is 2.06. The summed E-state index contributed by atoms with van der Waals surface area (Å²) in [4.78, 5) is 11.6. The number of hydrogen-bond acceptors (Lipinski definition) is 3. The molecule has 0 aliphatic carbocycles. The SMILES string of the molecule is CNC(=O)/C(C#N)=C/c1ccc(OCc2cccc3ccccc23)cc1. The second-order valence-electron chi connectivity index (χ2n) is 5.74. The molecule has 0 bridgehead atoms. The summed E-state index contributed by atoms with van der Waals surface area (Å²) in [6.45, 7) is 0.470. The number of ether oxygens (including phenoxy) is 1. The summed E-state index contributed by atoms with van der Waals surface area (Å²) in [6, 6.07) is 23.6. The van der Waals surface area contributed by atoms with Gasteiger partial charge in [0.25, 0.3) is 5.91 Å². The molecule has 26 heavy (non-hydrogen) atoms. The monoisotopic (exact) mass is 342 g/mol. The molecule has 1 amide bonds. The summed E-state index contributed by atoms with van der Waals surface area (Å²) < 4.78 is 5.89. The maximum absolute atomic E-state index is 11.6. The Balaban J connectivity index is 1.73. The second-order valence-corrected chi connectivity index (χ2v) is 5.74. The summed E-state index contributed by atoms with van der Waals surface area (Å²) in [5.74, 6) is 0.331. The number of likely N-dealkylation sites (N-methyl/N-ethyl adjacent to an activating group) is 1. The van der Waals surface area contributed by atoms with Crippen molar-refractivity contribution in [3.05, 3.63) is 83.4 Å². The van der Waals surface area contributed by atoms with Gasteiger partial charge in [-0.1, -0.05) is 54.6 Å². The number of nitrogens with one attached hydrogen (secondary N) is 1. The lowest BCUT2D eigenvalue weighted by Crippen LogP contribution is -2.19. The standard InChI is InChI=1S/C22H18N2O2/c1-24-22(25)19(14-23)13-16-9-11-20(12-10-16)26-15-18-7-4-6-17-5-2-3-8-21(17)18/h2-13H,15H2,1H3,(H,24,25)/b19-13+. The van der Waals surface area contributed by atoms with Gasteiger partial charge >= 0.3 is 0 Å². The van der Waals surface area contributed by atoms with Gasteiger partial charge in [0.15, 0.2) is 0 Å². The van der Waals surface area contributed by atoms with E-state index in [0.29, 0.717) is 6.61 Å². The van der Waals surface area contributed by atoms with E-state index in [1.54, 1.807) is 6.08 Å². The number of carbonyl (C=O) groups is 1. The Morgan fingerprint density at radius 3 is 2.54 bits per heavy atom. The first-order chi connectivity index (χ1) is 12.7. The van der Waals surface area contributed by atoms with Crippen molar-refractivity contribution >= 4 is 22.8 Å². The molecular weight excluding hydrogens is 324 g/mol. The van der Waals surface area contributed by atoms with E-state index in [0.717, 1.165) is 16.9 Å². The van der Waals surface area contributed by atoms with E-state index in [-0.39, 0.29) is 5.57 Å². The Kier molecular flexibility index (Phi) is 5.31. The van der Waals surface area contributed by atoms with Crippen LogP contribution in [0.1, 0.15) is 11.1 Å². The minimum absolute atomic E-state index is 0.0666. The van der Waals surface area contributed by atoms with Crippen molar-refractivity contribution in [2.45, 2.75) is 6.61 Å². The van der Waals surface area contributed by atoms with E-state index in [1.165, 1.54) is 17.8 Å². The molecule has 3 rings (SSSR count). The van der Waals surface area contributed by atoms with Gasteiger partial charge in [0.05, 0.1) is 0 Å². The molecule has 0 aromatic heterocycles. The molecule has 3 aromatic rings. The fourth-order valence-corrected chi connectivity index (χ4v) is 2.69. The number of carbonyl (C=O) groups excluding carboxylic acids is 1. The van der Waals surface area contributed by atoms with Crippen molar-refractivity contribution in [3.8, 4) is 11.8 Å². The Morgan fingerprint density at radius 2 is 1.81 bits per heavy atom. The molecule has 4 heteroatoms. The average molecular weight is 342 g/mol. The minimum Gasteiger partial charge on any atom is -0.489 e. The molecule has 0 heterocycles. The van der Waals surface area contributed by atoms with Crippen LogP contribution in [0.5, 0.6) is 5.75 Å². The lowest BCUT2D eigenvalue weighted by molar-refractivity contribution is -0.116. The van der Waals surface area contributed by atoms with Crippen LogP contribution in [0.3, 0.4) is 0 Å². The van der Waals surface area contributed by atoms with Crippen LogP contribution >= 0.6 is 0 Å². The second kappa shape index (κ2) is 8.00. The highest BCUT2D eigenvalue weighted by Crippen LogP contribution is 2.21. The van der Waals surface area contributed by atoms with Crippen LogP contribution in [0.4, 0.5) is 0 Å². The van der Waals surface area contributed by atoms with Crippen molar-refractivity contribution in [1.29, 1.82) is 5.26 Å². The van der Waals surface area contributed by atoms with Crippen LogP contribution in [0.15, 0.2) is 72.3 Å². The molecular formula is C22H18N2O2. The molecule has 0 aliphatic heterocycles.